The van der Waals surface area contributed by atoms with E-state index < -0.39 is 17.2 Å². The number of aromatic nitrogens is 2. The summed E-state index contributed by atoms with van der Waals surface area (Å²) in [4.78, 5) is 25.5. The van der Waals surface area contributed by atoms with Crippen molar-refractivity contribution in [1.29, 1.82) is 0 Å². The fraction of sp³-hybridized carbons (Fsp3) is 0.393. The summed E-state index contributed by atoms with van der Waals surface area (Å²) < 4.78 is 47.1. The Morgan fingerprint density at radius 1 is 1.18 bits per heavy atom. The summed E-state index contributed by atoms with van der Waals surface area (Å²) in [6.07, 6.45) is -1.77. The lowest BCUT2D eigenvalue weighted by atomic mass is 9.69. The Labute approximate surface area is 229 Å². The van der Waals surface area contributed by atoms with Gasteiger partial charge in [-0.15, -0.1) is 0 Å². The van der Waals surface area contributed by atoms with Crippen molar-refractivity contribution in [2.75, 3.05) is 37.7 Å². The highest BCUT2D eigenvalue weighted by Gasteiger charge is 2.45. The van der Waals surface area contributed by atoms with Gasteiger partial charge in [0.05, 0.1) is 42.2 Å². The Hall–Kier alpha value is -3.37. The van der Waals surface area contributed by atoms with Crippen LogP contribution < -0.4 is 15.4 Å². The van der Waals surface area contributed by atoms with E-state index in [4.69, 9.17) is 27.1 Å². The van der Waals surface area contributed by atoms with Gasteiger partial charge in [-0.2, -0.15) is 13.2 Å². The molecule has 0 bridgehead atoms. The van der Waals surface area contributed by atoms with E-state index in [1.807, 2.05) is 31.2 Å². The van der Waals surface area contributed by atoms with Crippen molar-refractivity contribution in [3.8, 4) is 17.1 Å². The van der Waals surface area contributed by atoms with E-state index in [2.05, 4.69) is 4.98 Å². The highest BCUT2D eigenvalue weighted by atomic mass is 35.5. The first-order chi connectivity index (χ1) is 18.6. The number of anilines is 1. The molecule has 2 aliphatic heterocycles. The van der Waals surface area contributed by atoms with Crippen LogP contribution in [0.15, 0.2) is 48.7 Å². The van der Waals surface area contributed by atoms with Gasteiger partial charge in [-0.25, -0.2) is 4.98 Å². The van der Waals surface area contributed by atoms with E-state index >= 15 is 0 Å². The molecule has 1 saturated heterocycles. The first-order valence-electron chi connectivity index (χ1n) is 12.8. The van der Waals surface area contributed by atoms with E-state index in [0.29, 0.717) is 57.2 Å². The van der Waals surface area contributed by atoms with Crippen LogP contribution in [0.25, 0.3) is 11.3 Å². The number of fused-ring (bicyclic) bond motifs is 2. The summed E-state index contributed by atoms with van der Waals surface area (Å²) in [5.74, 6) is 0.285. The van der Waals surface area contributed by atoms with Crippen molar-refractivity contribution < 1.29 is 22.7 Å². The van der Waals surface area contributed by atoms with Gasteiger partial charge in [0.25, 0.3) is 0 Å². The SMILES string of the molecule is CCOc1ncccc1-c1ccc2c(n1)CN(C(=O)CN)CC21CCN(c2ccc(Cl)cc2C(F)(F)F)CC1. The Bertz CT molecular complexity index is 1380. The topological polar surface area (TPSA) is 84.6 Å². The summed E-state index contributed by atoms with van der Waals surface area (Å²) in [6, 6.07) is 11.5. The Kier molecular flexibility index (Phi) is 7.43. The molecule has 4 heterocycles. The van der Waals surface area contributed by atoms with Gasteiger partial charge < -0.3 is 20.3 Å². The van der Waals surface area contributed by atoms with Gasteiger partial charge in [0.15, 0.2) is 0 Å². The van der Waals surface area contributed by atoms with Gasteiger partial charge >= 0.3 is 6.18 Å². The molecule has 0 aliphatic carbocycles. The van der Waals surface area contributed by atoms with Gasteiger partial charge in [0.1, 0.15) is 0 Å². The van der Waals surface area contributed by atoms with Crippen LogP contribution in [0.2, 0.25) is 5.02 Å². The largest absolute Gasteiger partial charge is 0.477 e. The number of carbonyl (C=O) groups is 1. The second-order valence-corrected chi connectivity index (χ2v) is 10.3. The molecule has 3 aromatic rings. The summed E-state index contributed by atoms with van der Waals surface area (Å²) in [5.41, 5.74) is 7.82. The molecule has 0 atom stereocenters. The lowest BCUT2D eigenvalue weighted by molar-refractivity contribution is -0.137. The number of ether oxygens (including phenoxy) is 1. The van der Waals surface area contributed by atoms with Gasteiger partial charge in [-0.05, 0) is 61.7 Å². The highest BCUT2D eigenvalue weighted by Crippen LogP contribution is 2.45. The number of piperidine rings is 1. The van der Waals surface area contributed by atoms with E-state index in [1.165, 1.54) is 12.1 Å². The Morgan fingerprint density at radius 3 is 2.64 bits per heavy atom. The molecule has 39 heavy (non-hydrogen) atoms. The highest BCUT2D eigenvalue weighted by molar-refractivity contribution is 6.30. The van der Waals surface area contributed by atoms with E-state index in [-0.39, 0.29) is 23.2 Å². The molecule has 1 spiro atoms. The summed E-state index contributed by atoms with van der Waals surface area (Å²) in [5, 5.41) is 0.0414. The van der Waals surface area contributed by atoms with Gasteiger partial charge in [-0.1, -0.05) is 17.7 Å². The maximum absolute atomic E-state index is 13.8. The second-order valence-electron chi connectivity index (χ2n) is 9.86. The zero-order valence-electron chi connectivity index (χ0n) is 21.5. The molecule has 1 aromatic carbocycles. The summed E-state index contributed by atoms with van der Waals surface area (Å²) in [6.45, 7) is 3.72. The number of nitrogens with two attached hydrogens (primary N) is 1. The van der Waals surface area contributed by atoms with Crippen LogP contribution in [0, 0.1) is 0 Å². The normalized spacial score (nSPS) is 16.8. The zero-order chi connectivity index (χ0) is 27.8. The molecule has 1 amide bonds. The van der Waals surface area contributed by atoms with Crippen LogP contribution in [0.4, 0.5) is 18.9 Å². The maximum atomic E-state index is 13.8. The minimum Gasteiger partial charge on any atom is -0.477 e. The first kappa shape index (κ1) is 27.2. The molecule has 5 rings (SSSR count). The number of benzene rings is 1. The number of alkyl halides is 3. The second kappa shape index (κ2) is 10.7. The number of carbonyl (C=O) groups excluding carboxylic acids is 1. The van der Waals surface area contributed by atoms with Gasteiger partial charge in [0, 0.05) is 42.0 Å². The van der Waals surface area contributed by atoms with Crippen molar-refractivity contribution in [1.82, 2.24) is 14.9 Å². The van der Waals surface area contributed by atoms with Crippen molar-refractivity contribution in [3.05, 3.63) is 70.5 Å². The average molecular weight is 560 g/mol. The Balaban J connectivity index is 1.50. The number of rotatable bonds is 5. The minimum atomic E-state index is -4.52. The third kappa shape index (κ3) is 5.27. The molecule has 206 valence electrons. The standard InChI is InChI=1S/C28H29ClF3N5O2/c1-2-39-26-19(4-3-11-34-26)22-7-6-20-23(35-22)16-37(25(38)15-33)17-27(20)9-12-36(13-10-27)24-8-5-18(29)14-21(24)28(30,31)32/h3-8,11,14H,2,9-10,12-13,15-17,33H2,1H3. The molecule has 2 aliphatic rings. The molecule has 2 aromatic heterocycles. The number of nitrogens with zero attached hydrogens (tertiary/aromatic N) is 4. The zero-order valence-corrected chi connectivity index (χ0v) is 22.2. The quantitative estimate of drug-likeness (QED) is 0.471. The molecular formula is C28H29ClF3N5O2. The Morgan fingerprint density at radius 2 is 1.95 bits per heavy atom. The molecule has 11 heteroatoms. The summed E-state index contributed by atoms with van der Waals surface area (Å²) in [7, 11) is 0. The number of hydrogen-bond donors (Lipinski definition) is 1. The van der Waals surface area contributed by atoms with Crippen molar-refractivity contribution >= 4 is 23.2 Å². The minimum absolute atomic E-state index is 0.0414. The molecule has 1 fully saturated rings. The number of pyridine rings is 2. The van der Waals surface area contributed by atoms with E-state index in [9.17, 15) is 18.0 Å². The predicted octanol–water partition coefficient (Wildman–Crippen LogP) is 5.05. The van der Waals surface area contributed by atoms with Crippen LogP contribution >= 0.6 is 11.6 Å². The summed E-state index contributed by atoms with van der Waals surface area (Å²) >= 11 is 5.89. The smallest absolute Gasteiger partial charge is 0.418 e. The fourth-order valence-corrected chi connectivity index (χ4v) is 5.87. The lowest BCUT2D eigenvalue weighted by Gasteiger charge is -2.49. The third-order valence-electron chi connectivity index (χ3n) is 7.56. The fourth-order valence-electron chi connectivity index (χ4n) is 5.70. The lowest BCUT2D eigenvalue weighted by Crippen LogP contribution is -2.54. The number of halogens is 4. The first-order valence-corrected chi connectivity index (χ1v) is 13.2. The predicted molar refractivity (Wildman–Crippen MR) is 143 cm³/mol. The molecule has 0 saturated carbocycles. The van der Waals surface area contributed by atoms with Crippen LogP contribution in [-0.4, -0.2) is 53.6 Å². The molecule has 0 unspecified atom stereocenters. The van der Waals surface area contributed by atoms with Gasteiger partial charge in [-0.3, -0.25) is 9.78 Å². The molecule has 0 radical (unpaired) electrons. The van der Waals surface area contributed by atoms with Crippen molar-refractivity contribution in [2.24, 2.45) is 5.73 Å². The van der Waals surface area contributed by atoms with Crippen LogP contribution in [-0.2, 0) is 22.9 Å². The number of hydrogen-bond acceptors (Lipinski definition) is 6. The van der Waals surface area contributed by atoms with E-state index in [0.717, 1.165) is 22.9 Å². The van der Waals surface area contributed by atoms with Crippen LogP contribution in [0.1, 0.15) is 36.6 Å². The van der Waals surface area contributed by atoms with Gasteiger partial charge in [0.2, 0.25) is 11.8 Å². The monoisotopic (exact) mass is 559 g/mol. The van der Waals surface area contributed by atoms with Crippen molar-refractivity contribution in [2.45, 2.75) is 37.9 Å². The van der Waals surface area contributed by atoms with Crippen LogP contribution in [0.3, 0.4) is 0 Å². The van der Waals surface area contributed by atoms with Crippen molar-refractivity contribution in [3.63, 3.8) is 0 Å². The maximum Gasteiger partial charge on any atom is 0.418 e. The van der Waals surface area contributed by atoms with Crippen LogP contribution in [0.5, 0.6) is 5.88 Å². The third-order valence-corrected chi connectivity index (χ3v) is 7.80. The number of amides is 1. The average Bonchev–Trinajstić information content (AvgIpc) is 2.93. The van der Waals surface area contributed by atoms with E-state index in [1.54, 1.807) is 16.0 Å². The molecule has 2 N–H and O–H groups in total. The molecular weight excluding hydrogens is 531 g/mol. The molecule has 7 nitrogen and oxygen atoms in total.